The van der Waals surface area contributed by atoms with E-state index >= 15 is 0 Å². The zero-order valence-corrected chi connectivity index (χ0v) is 16.8. The van der Waals surface area contributed by atoms with Crippen LogP contribution < -0.4 is 0 Å². The molecular weight excluding hydrogens is 360 g/mol. The average Bonchev–Trinajstić information content (AvgIpc) is 3.38. The predicted octanol–water partition coefficient (Wildman–Crippen LogP) is 3.09. The van der Waals surface area contributed by atoms with Gasteiger partial charge >= 0.3 is 0 Å². The van der Waals surface area contributed by atoms with Crippen molar-refractivity contribution in [2.75, 3.05) is 32.8 Å². The first-order valence-electron chi connectivity index (χ1n) is 10.3. The average molecular weight is 391 g/mol. The van der Waals surface area contributed by atoms with E-state index in [2.05, 4.69) is 16.8 Å². The molecule has 1 unspecified atom stereocenters. The summed E-state index contributed by atoms with van der Waals surface area (Å²) < 4.78 is 5.74. The number of carbonyl (C=O) groups is 2. The third-order valence-corrected chi connectivity index (χ3v) is 7.31. The maximum Gasteiger partial charge on any atom is 0.222 e. The molecule has 27 heavy (non-hydrogen) atoms. The van der Waals surface area contributed by atoms with Crippen molar-refractivity contribution < 1.29 is 14.3 Å². The Hall–Kier alpha value is -1.40. The van der Waals surface area contributed by atoms with E-state index in [1.807, 2.05) is 9.80 Å². The molecule has 4 heterocycles. The Morgan fingerprint density at radius 2 is 2.15 bits per heavy atom. The van der Waals surface area contributed by atoms with Gasteiger partial charge in [0.15, 0.2) is 0 Å². The van der Waals surface area contributed by atoms with Crippen molar-refractivity contribution in [2.45, 2.75) is 57.5 Å². The third-order valence-electron chi connectivity index (χ3n) is 6.58. The minimum absolute atomic E-state index is 0.205. The van der Waals surface area contributed by atoms with Crippen LogP contribution in [-0.4, -0.2) is 60.5 Å². The highest BCUT2D eigenvalue weighted by atomic mass is 32.1. The summed E-state index contributed by atoms with van der Waals surface area (Å²) in [7, 11) is 0. The first-order chi connectivity index (χ1) is 13.1. The van der Waals surface area contributed by atoms with E-state index in [4.69, 9.17) is 4.74 Å². The highest BCUT2D eigenvalue weighted by molar-refractivity contribution is 7.07. The van der Waals surface area contributed by atoms with E-state index in [-0.39, 0.29) is 23.3 Å². The van der Waals surface area contributed by atoms with Crippen LogP contribution in [0.5, 0.6) is 0 Å². The fourth-order valence-electron chi connectivity index (χ4n) is 4.79. The Bertz CT molecular complexity index is 646. The predicted molar refractivity (Wildman–Crippen MR) is 106 cm³/mol. The zero-order valence-electron chi connectivity index (χ0n) is 16.0. The number of aryl methyl sites for hydroxylation is 1. The number of nitrogens with zero attached hydrogens (tertiary/aromatic N) is 2. The fourth-order valence-corrected chi connectivity index (χ4v) is 5.49. The lowest BCUT2D eigenvalue weighted by Gasteiger charge is -2.47. The molecular formula is C21H30N2O3S. The highest BCUT2D eigenvalue weighted by Gasteiger charge is 2.42. The lowest BCUT2D eigenvalue weighted by Crippen LogP contribution is -2.53. The van der Waals surface area contributed by atoms with E-state index in [9.17, 15) is 9.59 Å². The second-order valence-electron chi connectivity index (χ2n) is 8.42. The van der Waals surface area contributed by atoms with Crippen molar-refractivity contribution in [1.29, 1.82) is 0 Å². The number of hydrogen-bond acceptors (Lipinski definition) is 4. The molecule has 0 saturated carbocycles. The Morgan fingerprint density at radius 3 is 2.85 bits per heavy atom. The molecule has 0 N–H and O–H groups in total. The van der Waals surface area contributed by atoms with Crippen molar-refractivity contribution in [3.8, 4) is 0 Å². The summed E-state index contributed by atoms with van der Waals surface area (Å²) in [5.74, 6) is 0.560. The van der Waals surface area contributed by atoms with Crippen molar-refractivity contribution in [3.63, 3.8) is 0 Å². The molecule has 0 radical (unpaired) electrons. The van der Waals surface area contributed by atoms with Gasteiger partial charge < -0.3 is 14.5 Å². The number of likely N-dealkylation sites (tertiary alicyclic amines) is 2. The number of ether oxygens (including phenoxy) is 1. The molecule has 4 rings (SSSR count). The fraction of sp³-hybridized carbons (Fsp3) is 0.714. The molecule has 1 aromatic rings. The SMILES string of the molecule is O=C(CCc1ccsc1)N1CCC2(CCC(=O)N(CC3CCCO3)C2)CC1. The molecule has 3 saturated heterocycles. The van der Waals surface area contributed by atoms with E-state index < -0.39 is 0 Å². The molecule has 3 aliphatic rings. The van der Waals surface area contributed by atoms with Crippen molar-refractivity contribution in [3.05, 3.63) is 22.4 Å². The van der Waals surface area contributed by atoms with Crippen LogP contribution in [0, 0.1) is 5.41 Å². The van der Waals surface area contributed by atoms with Gasteiger partial charge in [-0.15, -0.1) is 0 Å². The summed E-state index contributed by atoms with van der Waals surface area (Å²) in [6, 6.07) is 2.10. The molecule has 148 valence electrons. The zero-order chi connectivity index (χ0) is 18.7. The Morgan fingerprint density at radius 1 is 1.30 bits per heavy atom. The quantitative estimate of drug-likeness (QED) is 0.776. The number of rotatable bonds is 5. The summed E-state index contributed by atoms with van der Waals surface area (Å²) in [4.78, 5) is 29.0. The first-order valence-corrected chi connectivity index (χ1v) is 11.3. The van der Waals surface area contributed by atoms with Gasteiger partial charge in [0.1, 0.15) is 0 Å². The number of carbonyl (C=O) groups excluding carboxylic acids is 2. The second kappa shape index (κ2) is 8.31. The maximum atomic E-state index is 12.6. The van der Waals surface area contributed by atoms with Crippen LogP contribution in [0.1, 0.15) is 50.5 Å². The van der Waals surface area contributed by atoms with E-state index in [1.54, 1.807) is 11.3 Å². The Kier molecular flexibility index (Phi) is 5.83. The summed E-state index contributed by atoms with van der Waals surface area (Å²) in [5.41, 5.74) is 1.47. The molecule has 0 aromatic carbocycles. The van der Waals surface area contributed by atoms with Crippen LogP contribution in [0.15, 0.2) is 16.8 Å². The standard InChI is InChI=1S/C21H30N2O3S/c24-19(4-3-17-6-13-27-15-17)22-10-8-21(9-11-22)7-5-20(25)23(16-21)14-18-2-1-12-26-18/h6,13,15,18H,1-5,7-12,14,16H2. The van der Waals surface area contributed by atoms with Crippen molar-refractivity contribution >= 4 is 23.2 Å². The minimum atomic E-state index is 0.205. The summed E-state index contributed by atoms with van der Waals surface area (Å²) >= 11 is 1.69. The first kappa shape index (κ1) is 18.9. The molecule has 2 amide bonds. The topological polar surface area (TPSA) is 49.9 Å². The lowest BCUT2D eigenvalue weighted by molar-refractivity contribution is -0.144. The number of amides is 2. The van der Waals surface area contributed by atoms with Crippen molar-refractivity contribution in [2.24, 2.45) is 5.41 Å². The van der Waals surface area contributed by atoms with Gasteiger partial charge in [-0.25, -0.2) is 0 Å². The van der Waals surface area contributed by atoms with Crippen LogP contribution >= 0.6 is 11.3 Å². The van der Waals surface area contributed by atoms with Crippen LogP contribution in [-0.2, 0) is 20.7 Å². The largest absolute Gasteiger partial charge is 0.376 e. The molecule has 0 aliphatic carbocycles. The van der Waals surface area contributed by atoms with Gasteiger partial charge in [-0.3, -0.25) is 9.59 Å². The molecule has 3 fully saturated rings. The third kappa shape index (κ3) is 4.54. The molecule has 1 spiro atoms. The van der Waals surface area contributed by atoms with Gasteiger partial charge in [0.05, 0.1) is 6.10 Å². The van der Waals surface area contributed by atoms with Crippen molar-refractivity contribution in [1.82, 2.24) is 9.80 Å². The number of hydrogen-bond donors (Lipinski definition) is 0. The molecule has 5 nitrogen and oxygen atoms in total. The van der Waals surface area contributed by atoms with Gasteiger partial charge in [0.25, 0.3) is 0 Å². The number of thiophene rings is 1. The molecule has 0 bridgehead atoms. The van der Waals surface area contributed by atoms with E-state index in [1.165, 1.54) is 5.56 Å². The van der Waals surface area contributed by atoms with Gasteiger partial charge in [-0.05, 0) is 66.3 Å². The van der Waals surface area contributed by atoms with Crippen LogP contribution in [0.25, 0.3) is 0 Å². The van der Waals surface area contributed by atoms with Gasteiger partial charge in [-0.2, -0.15) is 11.3 Å². The maximum absolute atomic E-state index is 12.6. The van der Waals surface area contributed by atoms with E-state index in [0.717, 1.165) is 71.3 Å². The number of piperidine rings is 2. The van der Waals surface area contributed by atoms with Crippen LogP contribution in [0.3, 0.4) is 0 Å². The van der Waals surface area contributed by atoms with Crippen LogP contribution in [0.2, 0.25) is 0 Å². The molecule has 1 atom stereocenters. The van der Waals surface area contributed by atoms with E-state index in [0.29, 0.717) is 12.8 Å². The normalized spacial score (nSPS) is 25.3. The van der Waals surface area contributed by atoms with Gasteiger partial charge in [-0.1, -0.05) is 0 Å². The lowest BCUT2D eigenvalue weighted by atomic mass is 9.72. The Labute approximate surface area is 165 Å². The molecule has 1 aromatic heterocycles. The summed E-state index contributed by atoms with van der Waals surface area (Å²) in [6.45, 7) is 4.11. The molecule has 6 heteroatoms. The highest BCUT2D eigenvalue weighted by Crippen LogP contribution is 2.40. The smallest absolute Gasteiger partial charge is 0.222 e. The summed E-state index contributed by atoms with van der Waals surface area (Å²) in [6.07, 6.45) is 7.52. The Balaban J connectivity index is 1.28. The molecule has 3 aliphatic heterocycles. The summed E-state index contributed by atoms with van der Waals surface area (Å²) in [5, 5.41) is 4.19. The van der Waals surface area contributed by atoms with Gasteiger partial charge in [0.2, 0.25) is 11.8 Å². The van der Waals surface area contributed by atoms with Gasteiger partial charge in [0, 0.05) is 45.6 Å². The minimum Gasteiger partial charge on any atom is -0.376 e. The monoisotopic (exact) mass is 390 g/mol. The second-order valence-corrected chi connectivity index (χ2v) is 9.20. The van der Waals surface area contributed by atoms with Crippen LogP contribution in [0.4, 0.5) is 0 Å².